The molecule has 0 atom stereocenters. The first-order valence-electron chi connectivity index (χ1n) is 10.8. The van der Waals surface area contributed by atoms with Crippen molar-refractivity contribution in [3.63, 3.8) is 0 Å². The van der Waals surface area contributed by atoms with E-state index in [4.69, 9.17) is 4.74 Å². The van der Waals surface area contributed by atoms with Gasteiger partial charge in [-0.25, -0.2) is 0 Å². The van der Waals surface area contributed by atoms with Gasteiger partial charge in [-0.2, -0.15) is 0 Å². The zero-order valence-corrected chi connectivity index (χ0v) is 18.3. The number of aryl methyl sites for hydroxylation is 2. The molecule has 1 aromatic carbocycles. The second kappa shape index (κ2) is 8.96. The number of methoxy groups -OCH3 is 1. The van der Waals surface area contributed by atoms with Gasteiger partial charge in [0.1, 0.15) is 5.75 Å². The van der Waals surface area contributed by atoms with Crippen molar-refractivity contribution in [3.8, 4) is 5.75 Å². The Morgan fingerprint density at radius 3 is 2.60 bits per heavy atom. The molecule has 0 radical (unpaired) electrons. The van der Waals surface area contributed by atoms with Gasteiger partial charge in [0.25, 0.3) is 5.91 Å². The minimum atomic E-state index is 0.161. The largest absolute Gasteiger partial charge is 0.495 e. The van der Waals surface area contributed by atoms with Gasteiger partial charge in [0.2, 0.25) is 0 Å². The Morgan fingerprint density at radius 1 is 1.07 bits per heavy atom. The number of nitrogens with zero attached hydrogens (tertiary/aromatic N) is 4. The molecule has 1 aromatic heterocycles. The molecule has 0 bridgehead atoms. The fourth-order valence-electron chi connectivity index (χ4n) is 4.60. The van der Waals surface area contributed by atoms with Gasteiger partial charge in [0.15, 0.2) is 0 Å². The van der Waals surface area contributed by atoms with Crippen molar-refractivity contribution in [1.29, 1.82) is 0 Å². The van der Waals surface area contributed by atoms with Crippen LogP contribution in [0.2, 0.25) is 0 Å². The topological polar surface area (TPSA) is 41.0 Å². The van der Waals surface area contributed by atoms with Gasteiger partial charge in [-0.15, -0.1) is 0 Å². The van der Waals surface area contributed by atoms with E-state index in [0.29, 0.717) is 6.54 Å². The number of carbonyl (C=O) groups excluding carboxylic acids is 1. The zero-order valence-electron chi connectivity index (χ0n) is 18.3. The Bertz CT molecular complexity index is 925. The van der Waals surface area contributed by atoms with Crippen LogP contribution >= 0.6 is 0 Å². The SMILES string of the molecule is COc1ccccc1N1CCN(CCCN2CC=Cc3c(c(C)cn3C)C2=O)CC1. The number of piperazine rings is 1. The van der Waals surface area contributed by atoms with Crippen LogP contribution in [0.4, 0.5) is 5.69 Å². The van der Waals surface area contributed by atoms with Crippen LogP contribution in [0.5, 0.6) is 5.75 Å². The van der Waals surface area contributed by atoms with E-state index >= 15 is 0 Å². The van der Waals surface area contributed by atoms with Crippen molar-refractivity contribution in [2.45, 2.75) is 13.3 Å². The number of fused-ring (bicyclic) bond motifs is 1. The van der Waals surface area contributed by atoms with Crippen molar-refractivity contribution >= 4 is 17.7 Å². The summed E-state index contributed by atoms with van der Waals surface area (Å²) >= 11 is 0. The first kappa shape index (κ1) is 20.5. The molecule has 160 valence electrons. The molecule has 0 unspecified atom stereocenters. The molecule has 0 saturated carbocycles. The highest BCUT2D eigenvalue weighted by molar-refractivity contribution is 5.99. The molecule has 4 rings (SSSR count). The molecule has 3 heterocycles. The lowest BCUT2D eigenvalue weighted by Gasteiger charge is -2.36. The van der Waals surface area contributed by atoms with Gasteiger partial charge < -0.3 is 19.1 Å². The summed E-state index contributed by atoms with van der Waals surface area (Å²) in [5, 5.41) is 0. The van der Waals surface area contributed by atoms with Crippen molar-refractivity contribution < 1.29 is 9.53 Å². The first-order valence-corrected chi connectivity index (χ1v) is 10.8. The summed E-state index contributed by atoms with van der Waals surface area (Å²) in [7, 11) is 3.73. The van der Waals surface area contributed by atoms with Crippen molar-refractivity contribution in [3.05, 3.63) is 53.4 Å². The summed E-state index contributed by atoms with van der Waals surface area (Å²) in [6.45, 7) is 8.60. The van der Waals surface area contributed by atoms with E-state index in [0.717, 1.165) is 68.3 Å². The maximum absolute atomic E-state index is 13.1. The summed E-state index contributed by atoms with van der Waals surface area (Å²) in [5.74, 6) is 1.10. The van der Waals surface area contributed by atoms with Crippen LogP contribution < -0.4 is 9.64 Å². The van der Waals surface area contributed by atoms with Crippen molar-refractivity contribution in [1.82, 2.24) is 14.4 Å². The standard InChI is InChI=1S/C24H32N4O2/c1-19-18-25(2)21-9-6-12-28(24(29)23(19)21)13-7-11-26-14-16-27(17-15-26)20-8-4-5-10-22(20)30-3/h4-6,8-10,18H,7,11-17H2,1-3H3. The van der Waals surface area contributed by atoms with Crippen LogP contribution in [0.25, 0.3) is 6.08 Å². The number of aromatic nitrogens is 1. The number of rotatable bonds is 6. The maximum atomic E-state index is 13.1. The highest BCUT2D eigenvalue weighted by Crippen LogP contribution is 2.28. The summed E-state index contributed by atoms with van der Waals surface area (Å²) in [6, 6.07) is 8.23. The monoisotopic (exact) mass is 408 g/mol. The molecule has 0 N–H and O–H groups in total. The molecule has 1 fully saturated rings. The van der Waals surface area contributed by atoms with Gasteiger partial charge in [-0.05, 0) is 43.7 Å². The third-order valence-electron chi connectivity index (χ3n) is 6.22. The van der Waals surface area contributed by atoms with Gasteiger partial charge in [0.05, 0.1) is 24.1 Å². The Labute approximate surface area is 179 Å². The lowest BCUT2D eigenvalue weighted by molar-refractivity contribution is 0.0767. The van der Waals surface area contributed by atoms with Gasteiger partial charge >= 0.3 is 0 Å². The molecule has 2 aliphatic rings. The van der Waals surface area contributed by atoms with E-state index in [-0.39, 0.29) is 5.91 Å². The second-order valence-electron chi connectivity index (χ2n) is 8.19. The average molecular weight is 409 g/mol. The van der Waals surface area contributed by atoms with Crippen LogP contribution in [-0.4, -0.2) is 73.2 Å². The normalized spacial score (nSPS) is 17.2. The Balaban J connectivity index is 1.28. The number of para-hydroxylation sites is 2. The predicted molar refractivity (Wildman–Crippen MR) is 121 cm³/mol. The number of amides is 1. The Kier molecular flexibility index (Phi) is 6.13. The number of hydrogen-bond donors (Lipinski definition) is 0. The van der Waals surface area contributed by atoms with E-state index in [1.807, 2.05) is 41.8 Å². The second-order valence-corrected chi connectivity index (χ2v) is 8.19. The number of hydrogen-bond acceptors (Lipinski definition) is 4. The molecule has 2 aromatic rings. The molecule has 0 spiro atoms. The van der Waals surface area contributed by atoms with Crippen LogP contribution in [0.15, 0.2) is 36.5 Å². The average Bonchev–Trinajstić information content (AvgIpc) is 2.94. The lowest BCUT2D eigenvalue weighted by Crippen LogP contribution is -2.47. The molecule has 2 aliphatic heterocycles. The highest BCUT2D eigenvalue weighted by Gasteiger charge is 2.25. The van der Waals surface area contributed by atoms with Crippen LogP contribution in [0, 0.1) is 6.92 Å². The zero-order chi connectivity index (χ0) is 21.1. The number of ether oxygens (including phenoxy) is 1. The smallest absolute Gasteiger partial charge is 0.256 e. The molecule has 30 heavy (non-hydrogen) atoms. The van der Waals surface area contributed by atoms with Gasteiger partial charge in [0, 0.05) is 52.5 Å². The van der Waals surface area contributed by atoms with Crippen LogP contribution in [0.1, 0.15) is 28.0 Å². The first-order chi connectivity index (χ1) is 14.6. The number of carbonyl (C=O) groups is 1. The van der Waals surface area contributed by atoms with E-state index in [2.05, 4.69) is 34.1 Å². The van der Waals surface area contributed by atoms with Gasteiger partial charge in [-0.3, -0.25) is 9.69 Å². The molecule has 1 saturated heterocycles. The summed E-state index contributed by atoms with van der Waals surface area (Å²) in [6.07, 6.45) is 7.22. The quantitative estimate of drug-likeness (QED) is 0.737. The molecular weight excluding hydrogens is 376 g/mol. The number of benzene rings is 1. The summed E-state index contributed by atoms with van der Waals surface area (Å²) in [5.41, 5.74) is 4.11. The molecule has 6 heteroatoms. The Morgan fingerprint density at radius 2 is 1.83 bits per heavy atom. The maximum Gasteiger partial charge on any atom is 0.256 e. The van der Waals surface area contributed by atoms with Gasteiger partial charge in [-0.1, -0.05) is 18.2 Å². The summed E-state index contributed by atoms with van der Waals surface area (Å²) < 4.78 is 7.56. The van der Waals surface area contributed by atoms with Crippen molar-refractivity contribution in [2.75, 3.05) is 57.8 Å². The minimum absolute atomic E-state index is 0.161. The van der Waals surface area contributed by atoms with Crippen molar-refractivity contribution in [2.24, 2.45) is 7.05 Å². The third kappa shape index (κ3) is 4.10. The molecular formula is C24H32N4O2. The molecule has 1 amide bonds. The number of anilines is 1. The molecule has 6 nitrogen and oxygen atoms in total. The van der Waals surface area contributed by atoms with E-state index in [1.54, 1.807) is 7.11 Å². The minimum Gasteiger partial charge on any atom is -0.495 e. The van der Waals surface area contributed by atoms with Crippen LogP contribution in [-0.2, 0) is 7.05 Å². The van der Waals surface area contributed by atoms with E-state index < -0.39 is 0 Å². The van der Waals surface area contributed by atoms with E-state index in [1.165, 1.54) is 5.69 Å². The molecule has 0 aliphatic carbocycles. The summed E-state index contributed by atoms with van der Waals surface area (Å²) in [4.78, 5) is 19.9. The van der Waals surface area contributed by atoms with Crippen LogP contribution in [0.3, 0.4) is 0 Å². The van der Waals surface area contributed by atoms with E-state index in [9.17, 15) is 4.79 Å². The predicted octanol–water partition coefficient (Wildman–Crippen LogP) is 3.02. The lowest BCUT2D eigenvalue weighted by atomic mass is 10.1. The Hall–Kier alpha value is -2.73. The highest BCUT2D eigenvalue weighted by atomic mass is 16.5. The fraction of sp³-hybridized carbons (Fsp3) is 0.458. The fourth-order valence-corrected chi connectivity index (χ4v) is 4.60. The third-order valence-corrected chi connectivity index (χ3v) is 6.22.